The minimum Gasteiger partial charge on any atom is -0.299 e. The summed E-state index contributed by atoms with van der Waals surface area (Å²) in [5.41, 5.74) is 0. The predicted octanol–water partition coefficient (Wildman–Crippen LogP) is 2.01. The Bertz CT molecular complexity index is 177. The van der Waals surface area contributed by atoms with Gasteiger partial charge in [0.2, 0.25) is 0 Å². The maximum Gasteiger partial charge on any atom is 0.139 e. The van der Waals surface area contributed by atoms with Crippen LogP contribution in [0.4, 0.5) is 0 Å². The van der Waals surface area contributed by atoms with Crippen LogP contribution in [0.1, 0.15) is 32.1 Å². The van der Waals surface area contributed by atoms with Gasteiger partial charge in [0.1, 0.15) is 5.78 Å². The van der Waals surface area contributed by atoms with E-state index < -0.39 is 0 Å². The lowest BCUT2D eigenvalue weighted by Gasteiger charge is -2.48. The van der Waals surface area contributed by atoms with Gasteiger partial charge >= 0.3 is 0 Å². The highest BCUT2D eigenvalue weighted by Gasteiger charge is 2.47. The van der Waals surface area contributed by atoms with Crippen LogP contribution in [0, 0.1) is 23.7 Å². The summed E-state index contributed by atoms with van der Waals surface area (Å²) < 4.78 is 0. The third-order valence-corrected chi connectivity index (χ3v) is 3.94. The Morgan fingerprint density at radius 1 is 0.818 bits per heavy atom. The van der Waals surface area contributed by atoms with Crippen molar-refractivity contribution >= 4 is 5.78 Å². The van der Waals surface area contributed by atoms with Gasteiger partial charge in [-0.1, -0.05) is 0 Å². The number of hydrogen-bond acceptors (Lipinski definition) is 1. The Morgan fingerprint density at radius 3 is 1.73 bits per heavy atom. The maximum atomic E-state index is 11.6. The number of hydrogen-bond donors (Lipinski definition) is 0. The molecule has 0 unspecified atom stereocenters. The number of Topliss-reactive ketones (excluding diaryl/α,β-unsaturated/α-hetero) is 1. The Labute approximate surface area is 67.2 Å². The summed E-state index contributed by atoms with van der Waals surface area (Å²) in [5.74, 6) is 3.51. The van der Waals surface area contributed by atoms with Crippen molar-refractivity contribution in [2.24, 2.45) is 23.7 Å². The minimum absolute atomic E-state index is 0.506. The highest BCUT2D eigenvalue weighted by molar-refractivity contribution is 5.85. The molecule has 0 heterocycles. The van der Waals surface area contributed by atoms with Crippen LogP contribution in [-0.2, 0) is 4.79 Å². The summed E-state index contributed by atoms with van der Waals surface area (Å²) in [6.45, 7) is 0. The fourth-order valence-electron chi connectivity index (χ4n) is 3.65. The van der Waals surface area contributed by atoms with Crippen LogP contribution in [0.15, 0.2) is 0 Å². The molecule has 4 rings (SSSR count). The second kappa shape index (κ2) is 1.88. The van der Waals surface area contributed by atoms with Crippen LogP contribution >= 0.6 is 0 Å². The zero-order chi connectivity index (χ0) is 7.42. The zero-order valence-corrected chi connectivity index (χ0v) is 6.75. The summed E-state index contributed by atoms with van der Waals surface area (Å²) >= 11 is 0. The van der Waals surface area contributed by atoms with Crippen molar-refractivity contribution in [1.29, 1.82) is 0 Å². The molecule has 0 aromatic heterocycles. The molecule has 4 fully saturated rings. The highest BCUT2D eigenvalue weighted by Crippen LogP contribution is 2.51. The molecule has 4 bridgehead atoms. The molecule has 0 amide bonds. The van der Waals surface area contributed by atoms with Gasteiger partial charge in [-0.05, 0) is 43.9 Å². The molecule has 60 valence electrons. The molecular formula is C10H14O. The molecule has 1 heteroatoms. The molecule has 4 aliphatic carbocycles. The SMILES string of the molecule is O=C1[C@H]2CC3C[C@@H](C2)C[C@H]1C3. The number of rotatable bonds is 0. The van der Waals surface area contributed by atoms with Crippen LogP contribution in [0.3, 0.4) is 0 Å². The van der Waals surface area contributed by atoms with E-state index in [1.165, 1.54) is 32.1 Å². The monoisotopic (exact) mass is 150 g/mol. The van der Waals surface area contributed by atoms with Crippen molar-refractivity contribution in [3.05, 3.63) is 0 Å². The average Bonchev–Trinajstić information content (AvgIpc) is 1.98. The van der Waals surface area contributed by atoms with E-state index in [0.29, 0.717) is 17.6 Å². The second-order valence-corrected chi connectivity index (χ2v) is 4.71. The number of carbonyl (C=O) groups is 1. The molecule has 0 atom stereocenters. The van der Waals surface area contributed by atoms with E-state index in [1.54, 1.807) is 0 Å². The van der Waals surface area contributed by atoms with Crippen molar-refractivity contribution in [2.45, 2.75) is 32.1 Å². The Kier molecular flexibility index (Phi) is 1.06. The van der Waals surface area contributed by atoms with E-state index in [-0.39, 0.29) is 0 Å². The summed E-state index contributed by atoms with van der Waals surface area (Å²) in [5, 5.41) is 0. The van der Waals surface area contributed by atoms with E-state index in [9.17, 15) is 4.79 Å². The van der Waals surface area contributed by atoms with Gasteiger partial charge in [-0.15, -0.1) is 0 Å². The van der Waals surface area contributed by atoms with Crippen LogP contribution in [0.2, 0.25) is 0 Å². The molecular weight excluding hydrogens is 136 g/mol. The van der Waals surface area contributed by atoms with Gasteiger partial charge < -0.3 is 0 Å². The molecule has 0 aromatic rings. The third-order valence-electron chi connectivity index (χ3n) is 3.94. The topological polar surface area (TPSA) is 17.1 Å². The molecule has 0 saturated heterocycles. The van der Waals surface area contributed by atoms with Gasteiger partial charge in [0.25, 0.3) is 0 Å². The molecule has 0 aliphatic heterocycles. The van der Waals surface area contributed by atoms with Crippen LogP contribution < -0.4 is 0 Å². The summed E-state index contributed by atoms with van der Waals surface area (Å²) in [7, 11) is 0. The normalized spacial score (nSPS) is 53.6. The van der Waals surface area contributed by atoms with Crippen molar-refractivity contribution in [1.82, 2.24) is 0 Å². The largest absolute Gasteiger partial charge is 0.299 e. The van der Waals surface area contributed by atoms with E-state index in [0.717, 1.165) is 11.8 Å². The van der Waals surface area contributed by atoms with E-state index in [4.69, 9.17) is 0 Å². The van der Waals surface area contributed by atoms with Crippen molar-refractivity contribution in [3.8, 4) is 0 Å². The molecule has 4 aliphatic rings. The lowest BCUT2D eigenvalue weighted by Crippen LogP contribution is -2.45. The molecule has 11 heavy (non-hydrogen) atoms. The Morgan fingerprint density at radius 2 is 1.27 bits per heavy atom. The first-order chi connectivity index (χ1) is 5.33. The Hall–Kier alpha value is -0.330. The molecule has 0 radical (unpaired) electrons. The van der Waals surface area contributed by atoms with Gasteiger partial charge in [0.15, 0.2) is 0 Å². The number of carbonyl (C=O) groups excluding carboxylic acids is 1. The first kappa shape index (κ1) is 6.22. The smallest absolute Gasteiger partial charge is 0.139 e. The fraction of sp³-hybridized carbons (Fsp3) is 0.900. The van der Waals surface area contributed by atoms with Crippen molar-refractivity contribution in [2.75, 3.05) is 0 Å². The van der Waals surface area contributed by atoms with Crippen LogP contribution in [0.25, 0.3) is 0 Å². The predicted molar refractivity (Wildman–Crippen MR) is 42.1 cm³/mol. The van der Waals surface area contributed by atoms with Crippen molar-refractivity contribution < 1.29 is 4.79 Å². The first-order valence-corrected chi connectivity index (χ1v) is 4.86. The minimum atomic E-state index is 0.506. The van der Waals surface area contributed by atoms with E-state index in [1.807, 2.05) is 0 Å². The Balaban J connectivity index is 1.96. The highest BCUT2D eigenvalue weighted by atomic mass is 16.1. The standard InChI is InChI=1S/C10H14O/c11-10-8-2-6-1-7(4-8)5-9(10)3-6/h6-9H,1-5H2/t6-,7?,8+,9-. The fourth-order valence-corrected chi connectivity index (χ4v) is 3.65. The summed E-state index contributed by atoms with van der Waals surface area (Å²) in [4.78, 5) is 11.6. The second-order valence-electron chi connectivity index (χ2n) is 4.71. The summed E-state index contributed by atoms with van der Waals surface area (Å²) in [6.07, 6.45) is 6.41. The van der Waals surface area contributed by atoms with E-state index >= 15 is 0 Å². The molecule has 0 spiro atoms. The van der Waals surface area contributed by atoms with Gasteiger partial charge in [-0.2, -0.15) is 0 Å². The molecule has 1 nitrogen and oxygen atoms in total. The van der Waals surface area contributed by atoms with Crippen LogP contribution in [-0.4, -0.2) is 5.78 Å². The van der Waals surface area contributed by atoms with Gasteiger partial charge in [-0.3, -0.25) is 4.79 Å². The molecule has 4 saturated carbocycles. The van der Waals surface area contributed by atoms with Gasteiger partial charge in [0, 0.05) is 11.8 Å². The lowest BCUT2D eigenvalue weighted by molar-refractivity contribution is -0.139. The molecule has 0 aromatic carbocycles. The van der Waals surface area contributed by atoms with Crippen LogP contribution in [0.5, 0.6) is 0 Å². The lowest BCUT2D eigenvalue weighted by atomic mass is 9.56. The third kappa shape index (κ3) is 0.743. The number of ketones is 1. The first-order valence-electron chi connectivity index (χ1n) is 4.86. The quantitative estimate of drug-likeness (QED) is 0.516. The maximum absolute atomic E-state index is 11.6. The van der Waals surface area contributed by atoms with Gasteiger partial charge in [-0.25, -0.2) is 0 Å². The molecule has 0 N–H and O–H groups in total. The van der Waals surface area contributed by atoms with Crippen molar-refractivity contribution in [3.63, 3.8) is 0 Å². The summed E-state index contributed by atoms with van der Waals surface area (Å²) in [6, 6.07) is 0. The zero-order valence-electron chi connectivity index (χ0n) is 6.75. The average molecular weight is 150 g/mol. The van der Waals surface area contributed by atoms with E-state index in [2.05, 4.69) is 0 Å². The van der Waals surface area contributed by atoms with Gasteiger partial charge in [0.05, 0.1) is 0 Å².